The highest BCUT2D eigenvalue weighted by Crippen LogP contribution is 2.18. The molecule has 0 aromatic heterocycles. The number of hydrogen-bond acceptors (Lipinski definition) is 3. The fourth-order valence-corrected chi connectivity index (χ4v) is 2.67. The van der Waals surface area contributed by atoms with Gasteiger partial charge in [-0.15, -0.1) is 0 Å². The zero-order chi connectivity index (χ0) is 10.7. The Morgan fingerprint density at radius 1 is 1.47 bits per heavy atom. The molecular weight excluding hydrogens is 188 g/mol. The molecule has 2 rings (SSSR count). The minimum absolute atomic E-state index is 0.612. The van der Waals surface area contributed by atoms with Crippen LogP contribution < -0.4 is 5.32 Å². The molecular formula is C12H24N2O. The van der Waals surface area contributed by atoms with Crippen LogP contribution in [0.25, 0.3) is 0 Å². The third kappa shape index (κ3) is 2.92. The van der Waals surface area contributed by atoms with Gasteiger partial charge in [-0.05, 0) is 45.7 Å². The summed E-state index contributed by atoms with van der Waals surface area (Å²) in [6.45, 7) is 6.63. The molecule has 3 unspecified atom stereocenters. The highest BCUT2D eigenvalue weighted by atomic mass is 16.5. The molecule has 3 nitrogen and oxygen atoms in total. The molecule has 1 N–H and O–H groups in total. The lowest BCUT2D eigenvalue weighted by atomic mass is 10.0. The second kappa shape index (κ2) is 5.28. The van der Waals surface area contributed by atoms with Crippen molar-refractivity contribution in [3.05, 3.63) is 0 Å². The number of hydrogen-bond donors (Lipinski definition) is 1. The summed E-state index contributed by atoms with van der Waals surface area (Å²) in [4.78, 5) is 2.48. The van der Waals surface area contributed by atoms with Gasteiger partial charge >= 0.3 is 0 Å². The molecule has 0 bridgehead atoms. The molecule has 2 heterocycles. The van der Waals surface area contributed by atoms with Gasteiger partial charge in [0.05, 0.1) is 6.61 Å². The second-order valence-corrected chi connectivity index (χ2v) is 5.10. The summed E-state index contributed by atoms with van der Waals surface area (Å²) in [5.74, 6) is 0.733. The van der Waals surface area contributed by atoms with Gasteiger partial charge in [-0.25, -0.2) is 0 Å². The standard InChI is InChI=1S/C12H24N2O/c1-10(11-5-7-15-9-11)13-8-12-4-3-6-14(12)2/h10-13H,3-9H2,1-2H3. The number of likely N-dealkylation sites (N-methyl/N-ethyl adjacent to an activating group) is 1. The van der Waals surface area contributed by atoms with Crippen LogP contribution in [0.1, 0.15) is 26.2 Å². The Morgan fingerprint density at radius 3 is 2.93 bits per heavy atom. The Kier molecular flexibility index (Phi) is 4.00. The smallest absolute Gasteiger partial charge is 0.0509 e. The summed E-state index contributed by atoms with van der Waals surface area (Å²) >= 11 is 0. The fraction of sp³-hybridized carbons (Fsp3) is 1.00. The number of likely N-dealkylation sites (tertiary alicyclic amines) is 1. The zero-order valence-electron chi connectivity index (χ0n) is 10.0. The topological polar surface area (TPSA) is 24.5 Å². The molecule has 0 saturated carbocycles. The molecule has 2 aliphatic rings. The molecule has 0 aromatic carbocycles. The van der Waals surface area contributed by atoms with E-state index in [0.717, 1.165) is 31.7 Å². The monoisotopic (exact) mass is 212 g/mol. The number of nitrogens with zero attached hydrogens (tertiary/aromatic N) is 1. The fourth-order valence-electron chi connectivity index (χ4n) is 2.67. The third-order valence-corrected chi connectivity index (χ3v) is 4.02. The van der Waals surface area contributed by atoms with Gasteiger partial charge in [0.25, 0.3) is 0 Å². The molecule has 2 fully saturated rings. The van der Waals surface area contributed by atoms with E-state index >= 15 is 0 Å². The van der Waals surface area contributed by atoms with Crippen LogP contribution >= 0.6 is 0 Å². The molecule has 2 saturated heterocycles. The minimum Gasteiger partial charge on any atom is -0.381 e. The lowest BCUT2D eigenvalue weighted by molar-refractivity contribution is 0.176. The van der Waals surface area contributed by atoms with Crippen molar-refractivity contribution in [2.45, 2.75) is 38.3 Å². The van der Waals surface area contributed by atoms with E-state index in [0.29, 0.717) is 6.04 Å². The number of rotatable bonds is 4. The largest absolute Gasteiger partial charge is 0.381 e. The van der Waals surface area contributed by atoms with Crippen LogP contribution in [0.2, 0.25) is 0 Å². The van der Waals surface area contributed by atoms with Crippen LogP contribution in [0, 0.1) is 5.92 Å². The van der Waals surface area contributed by atoms with E-state index in [1.807, 2.05) is 0 Å². The second-order valence-electron chi connectivity index (χ2n) is 5.10. The maximum atomic E-state index is 5.42. The Hall–Kier alpha value is -0.120. The van der Waals surface area contributed by atoms with Crippen LogP contribution in [0.3, 0.4) is 0 Å². The van der Waals surface area contributed by atoms with Crippen molar-refractivity contribution in [1.82, 2.24) is 10.2 Å². The van der Waals surface area contributed by atoms with Gasteiger partial charge in [-0.3, -0.25) is 0 Å². The van der Waals surface area contributed by atoms with E-state index in [1.54, 1.807) is 0 Å². The lowest BCUT2D eigenvalue weighted by Gasteiger charge is -2.25. The Morgan fingerprint density at radius 2 is 2.33 bits per heavy atom. The average molecular weight is 212 g/mol. The van der Waals surface area contributed by atoms with Crippen LogP contribution in [0.5, 0.6) is 0 Å². The first-order valence-corrected chi connectivity index (χ1v) is 6.28. The van der Waals surface area contributed by atoms with E-state index in [4.69, 9.17) is 4.74 Å². The average Bonchev–Trinajstić information content (AvgIpc) is 2.85. The van der Waals surface area contributed by atoms with Crippen molar-refractivity contribution in [3.8, 4) is 0 Å². The predicted molar refractivity (Wildman–Crippen MR) is 62.0 cm³/mol. The molecule has 0 spiro atoms. The summed E-state index contributed by atoms with van der Waals surface area (Å²) in [7, 11) is 2.24. The summed E-state index contributed by atoms with van der Waals surface area (Å²) in [5, 5.41) is 3.68. The first kappa shape index (κ1) is 11.4. The van der Waals surface area contributed by atoms with Crippen molar-refractivity contribution >= 4 is 0 Å². The van der Waals surface area contributed by atoms with Crippen LogP contribution in [-0.2, 0) is 4.74 Å². The van der Waals surface area contributed by atoms with Crippen molar-refractivity contribution in [1.29, 1.82) is 0 Å². The van der Waals surface area contributed by atoms with E-state index < -0.39 is 0 Å². The highest BCUT2D eigenvalue weighted by molar-refractivity contribution is 4.82. The van der Waals surface area contributed by atoms with Gasteiger partial charge in [0, 0.05) is 25.2 Å². The molecule has 2 aliphatic heterocycles. The summed E-state index contributed by atoms with van der Waals surface area (Å²) in [5.41, 5.74) is 0. The molecule has 0 aromatic rings. The van der Waals surface area contributed by atoms with Crippen molar-refractivity contribution in [3.63, 3.8) is 0 Å². The normalized spacial score (nSPS) is 34.8. The Balaban J connectivity index is 1.67. The van der Waals surface area contributed by atoms with Crippen molar-refractivity contribution < 1.29 is 4.74 Å². The highest BCUT2D eigenvalue weighted by Gasteiger charge is 2.25. The van der Waals surface area contributed by atoms with Crippen LogP contribution in [-0.4, -0.2) is 50.3 Å². The van der Waals surface area contributed by atoms with Crippen LogP contribution in [0.15, 0.2) is 0 Å². The minimum atomic E-state index is 0.612. The van der Waals surface area contributed by atoms with Gasteiger partial charge in [0.15, 0.2) is 0 Å². The van der Waals surface area contributed by atoms with Gasteiger partial charge in [0.2, 0.25) is 0 Å². The van der Waals surface area contributed by atoms with Gasteiger partial charge in [0.1, 0.15) is 0 Å². The molecule has 3 atom stereocenters. The van der Waals surface area contributed by atoms with Gasteiger partial charge < -0.3 is 15.0 Å². The molecule has 15 heavy (non-hydrogen) atoms. The van der Waals surface area contributed by atoms with Gasteiger partial charge in [-0.2, -0.15) is 0 Å². The van der Waals surface area contributed by atoms with Crippen LogP contribution in [0.4, 0.5) is 0 Å². The maximum absolute atomic E-state index is 5.42. The number of nitrogens with one attached hydrogen (secondary N) is 1. The third-order valence-electron chi connectivity index (χ3n) is 4.02. The quantitative estimate of drug-likeness (QED) is 0.755. The van der Waals surface area contributed by atoms with Crippen molar-refractivity contribution in [2.24, 2.45) is 5.92 Å². The molecule has 0 radical (unpaired) electrons. The molecule has 88 valence electrons. The SMILES string of the molecule is CC(NCC1CCCN1C)C1CCOC1. The van der Waals surface area contributed by atoms with E-state index in [1.165, 1.54) is 25.8 Å². The summed E-state index contributed by atoms with van der Waals surface area (Å²) in [6, 6.07) is 1.37. The predicted octanol–water partition coefficient (Wildman–Crippen LogP) is 1.10. The van der Waals surface area contributed by atoms with E-state index in [-0.39, 0.29) is 0 Å². The number of ether oxygens (including phenoxy) is 1. The first-order chi connectivity index (χ1) is 7.27. The summed E-state index contributed by atoms with van der Waals surface area (Å²) in [6.07, 6.45) is 3.95. The lowest BCUT2D eigenvalue weighted by Crippen LogP contribution is -2.42. The van der Waals surface area contributed by atoms with E-state index in [2.05, 4.69) is 24.2 Å². The van der Waals surface area contributed by atoms with E-state index in [9.17, 15) is 0 Å². The summed E-state index contributed by atoms with van der Waals surface area (Å²) < 4.78 is 5.42. The molecule has 0 amide bonds. The zero-order valence-corrected chi connectivity index (χ0v) is 10.0. The van der Waals surface area contributed by atoms with Crippen molar-refractivity contribution in [2.75, 3.05) is 33.4 Å². The maximum Gasteiger partial charge on any atom is 0.0509 e. The molecule has 3 heteroatoms. The Labute approximate surface area is 93.2 Å². The van der Waals surface area contributed by atoms with Gasteiger partial charge in [-0.1, -0.05) is 0 Å². The first-order valence-electron chi connectivity index (χ1n) is 6.28. The Bertz CT molecular complexity index is 192. The molecule has 0 aliphatic carbocycles.